The van der Waals surface area contributed by atoms with Crippen LogP contribution in [-0.4, -0.2) is 29.9 Å². The maximum Gasteiger partial charge on any atom is 0.267 e. The van der Waals surface area contributed by atoms with Crippen LogP contribution in [0.15, 0.2) is 48.7 Å². The van der Waals surface area contributed by atoms with Crippen molar-refractivity contribution in [3.8, 4) is 0 Å². The predicted molar refractivity (Wildman–Crippen MR) is 91.4 cm³/mol. The standard InChI is InChI=1S/C18H20N4O2/c19-17(23)16-7-6-13(10-20-16)11-21-18(24)14-8-9-22(12-14)15-4-2-1-3-5-15/h1-7,10,14H,8-9,11-12H2,(H2,19,23)(H,21,24). The summed E-state index contributed by atoms with van der Waals surface area (Å²) in [5.41, 5.74) is 7.37. The summed E-state index contributed by atoms with van der Waals surface area (Å²) in [6.45, 7) is 2.01. The van der Waals surface area contributed by atoms with Crippen molar-refractivity contribution in [2.75, 3.05) is 18.0 Å². The van der Waals surface area contributed by atoms with Crippen molar-refractivity contribution < 1.29 is 9.59 Å². The smallest absolute Gasteiger partial charge is 0.267 e. The minimum atomic E-state index is -0.558. The van der Waals surface area contributed by atoms with Crippen LogP contribution in [0.2, 0.25) is 0 Å². The molecular formula is C18H20N4O2. The molecule has 2 aromatic rings. The van der Waals surface area contributed by atoms with Gasteiger partial charge in [-0.1, -0.05) is 24.3 Å². The Bertz CT molecular complexity index is 716. The van der Waals surface area contributed by atoms with E-state index in [9.17, 15) is 9.59 Å². The number of rotatable bonds is 5. The van der Waals surface area contributed by atoms with Crippen molar-refractivity contribution in [2.45, 2.75) is 13.0 Å². The minimum absolute atomic E-state index is 0.0111. The maximum absolute atomic E-state index is 12.3. The molecule has 124 valence electrons. The summed E-state index contributed by atoms with van der Waals surface area (Å²) < 4.78 is 0. The monoisotopic (exact) mass is 324 g/mol. The van der Waals surface area contributed by atoms with Crippen molar-refractivity contribution in [3.63, 3.8) is 0 Å². The molecule has 1 aromatic carbocycles. The number of carbonyl (C=O) groups excluding carboxylic acids is 2. The Hall–Kier alpha value is -2.89. The van der Waals surface area contributed by atoms with E-state index in [-0.39, 0.29) is 17.5 Å². The second kappa shape index (κ2) is 7.12. The van der Waals surface area contributed by atoms with Gasteiger partial charge in [0, 0.05) is 31.5 Å². The van der Waals surface area contributed by atoms with E-state index in [1.807, 2.05) is 18.2 Å². The molecule has 1 atom stereocenters. The molecule has 3 N–H and O–H groups in total. The van der Waals surface area contributed by atoms with Crippen LogP contribution in [0.4, 0.5) is 5.69 Å². The Morgan fingerprint density at radius 1 is 1.21 bits per heavy atom. The van der Waals surface area contributed by atoms with Crippen LogP contribution in [0.1, 0.15) is 22.5 Å². The van der Waals surface area contributed by atoms with Gasteiger partial charge in [0.25, 0.3) is 5.91 Å². The quantitative estimate of drug-likeness (QED) is 0.868. The van der Waals surface area contributed by atoms with Crippen LogP contribution in [-0.2, 0) is 11.3 Å². The van der Waals surface area contributed by atoms with Crippen LogP contribution < -0.4 is 16.0 Å². The summed E-state index contributed by atoms with van der Waals surface area (Å²) >= 11 is 0. The second-order valence-corrected chi connectivity index (χ2v) is 5.90. The highest BCUT2D eigenvalue weighted by molar-refractivity contribution is 5.90. The van der Waals surface area contributed by atoms with E-state index in [1.54, 1.807) is 18.3 Å². The van der Waals surface area contributed by atoms with Gasteiger partial charge in [-0.05, 0) is 30.2 Å². The molecule has 0 aliphatic carbocycles. The minimum Gasteiger partial charge on any atom is -0.371 e. The summed E-state index contributed by atoms with van der Waals surface area (Å²) in [4.78, 5) is 29.5. The summed E-state index contributed by atoms with van der Waals surface area (Å²) in [6, 6.07) is 13.4. The zero-order valence-corrected chi connectivity index (χ0v) is 13.3. The number of nitrogens with one attached hydrogen (secondary N) is 1. The number of pyridine rings is 1. The first-order valence-corrected chi connectivity index (χ1v) is 7.96. The van der Waals surface area contributed by atoms with Gasteiger partial charge in [-0.2, -0.15) is 0 Å². The number of benzene rings is 1. The zero-order chi connectivity index (χ0) is 16.9. The Morgan fingerprint density at radius 3 is 2.67 bits per heavy atom. The molecule has 0 bridgehead atoms. The molecule has 1 fully saturated rings. The highest BCUT2D eigenvalue weighted by Gasteiger charge is 2.28. The summed E-state index contributed by atoms with van der Waals surface area (Å²) in [5, 5.41) is 2.94. The number of carbonyl (C=O) groups is 2. The molecule has 0 spiro atoms. The number of nitrogens with zero attached hydrogens (tertiary/aromatic N) is 2. The fraction of sp³-hybridized carbons (Fsp3) is 0.278. The average Bonchev–Trinajstić information content (AvgIpc) is 3.11. The maximum atomic E-state index is 12.3. The largest absolute Gasteiger partial charge is 0.371 e. The topological polar surface area (TPSA) is 88.3 Å². The van der Waals surface area contributed by atoms with Crippen LogP contribution >= 0.6 is 0 Å². The van der Waals surface area contributed by atoms with Crippen molar-refractivity contribution >= 4 is 17.5 Å². The van der Waals surface area contributed by atoms with Crippen molar-refractivity contribution in [2.24, 2.45) is 11.7 Å². The normalized spacial score (nSPS) is 16.8. The summed E-state index contributed by atoms with van der Waals surface area (Å²) in [5.74, 6) is -0.520. The van der Waals surface area contributed by atoms with Gasteiger partial charge >= 0.3 is 0 Å². The third kappa shape index (κ3) is 3.71. The molecule has 0 saturated carbocycles. The first kappa shape index (κ1) is 16.0. The number of hydrogen-bond donors (Lipinski definition) is 2. The number of para-hydroxylation sites is 1. The molecule has 1 aliphatic rings. The number of amides is 2. The van der Waals surface area contributed by atoms with Gasteiger partial charge in [0.2, 0.25) is 5.91 Å². The molecule has 1 aromatic heterocycles. The molecular weight excluding hydrogens is 304 g/mol. The van der Waals surface area contributed by atoms with Crippen molar-refractivity contribution in [3.05, 3.63) is 59.9 Å². The van der Waals surface area contributed by atoms with Gasteiger partial charge in [-0.25, -0.2) is 0 Å². The number of aromatic nitrogens is 1. The van der Waals surface area contributed by atoms with Crippen molar-refractivity contribution in [1.82, 2.24) is 10.3 Å². The van der Waals surface area contributed by atoms with E-state index in [0.29, 0.717) is 6.54 Å². The lowest BCUT2D eigenvalue weighted by atomic mass is 10.1. The molecule has 6 heteroatoms. The highest BCUT2D eigenvalue weighted by Crippen LogP contribution is 2.23. The third-order valence-electron chi connectivity index (χ3n) is 4.22. The Kier molecular flexibility index (Phi) is 4.74. The lowest BCUT2D eigenvalue weighted by molar-refractivity contribution is -0.124. The van der Waals surface area contributed by atoms with E-state index >= 15 is 0 Å². The van der Waals surface area contributed by atoms with Gasteiger partial charge < -0.3 is 16.0 Å². The molecule has 24 heavy (non-hydrogen) atoms. The van der Waals surface area contributed by atoms with E-state index in [4.69, 9.17) is 5.73 Å². The SMILES string of the molecule is NC(=O)c1ccc(CNC(=O)C2CCN(c3ccccc3)C2)cn1. The Labute approximate surface area is 140 Å². The van der Waals surface area contributed by atoms with Crippen LogP contribution in [0.25, 0.3) is 0 Å². The number of primary amides is 1. The van der Waals surface area contributed by atoms with E-state index < -0.39 is 5.91 Å². The van der Waals surface area contributed by atoms with Gasteiger partial charge in [0.1, 0.15) is 5.69 Å². The van der Waals surface area contributed by atoms with E-state index in [2.05, 4.69) is 27.3 Å². The fourth-order valence-corrected chi connectivity index (χ4v) is 2.86. The van der Waals surface area contributed by atoms with E-state index in [1.165, 1.54) is 0 Å². The number of anilines is 1. The van der Waals surface area contributed by atoms with Gasteiger partial charge in [-0.15, -0.1) is 0 Å². The number of hydrogen-bond acceptors (Lipinski definition) is 4. The molecule has 1 saturated heterocycles. The van der Waals surface area contributed by atoms with Crippen molar-refractivity contribution in [1.29, 1.82) is 0 Å². The van der Waals surface area contributed by atoms with Gasteiger partial charge in [0.05, 0.1) is 5.92 Å². The lowest BCUT2D eigenvalue weighted by Gasteiger charge is -2.18. The highest BCUT2D eigenvalue weighted by atomic mass is 16.2. The first-order valence-electron chi connectivity index (χ1n) is 7.96. The van der Waals surface area contributed by atoms with Crippen LogP contribution in [0.5, 0.6) is 0 Å². The second-order valence-electron chi connectivity index (χ2n) is 5.90. The Morgan fingerprint density at radius 2 is 2.00 bits per heavy atom. The fourth-order valence-electron chi connectivity index (χ4n) is 2.86. The van der Waals surface area contributed by atoms with Gasteiger partial charge in [-0.3, -0.25) is 14.6 Å². The molecule has 0 radical (unpaired) electrons. The summed E-state index contributed by atoms with van der Waals surface area (Å²) in [7, 11) is 0. The zero-order valence-electron chi connectivity index (χ0n) is 13.3. The van der Waals surface area contributed by atoms with Crippen LogP contribution in [0, 0.1) is 5.92 Å². The molecule has 6 nitrogen and oxygen atoms in total. The van der Waals surface area contributed by atoms with Crippen LogP contribution in [0.3, 0.4) is 0 Å². The average molecular weight is 324 g/mol. The lowest BCUT2D eigenvalue weighted by Crippen LogP contribution is -2.32. The predicted octanol–water partition coefficient (Wildman–Crippen LogP) is 1.32. The Balaban J connectivity index is 1.51. The van der Waals surface area contributed by atoms with Gasteiger partial charge in [0.15, 0.2) is 0 Å². The summed E-state index contributed by atoms with van der Waals surface area (Å²) in [6.07, 6.45) is 2.41. The molecule has 1 aliphatic heterocycles. The number of nitrogens with two attached hydrogens (primary N) is 1. The first-order chi connectivity index (χ1) is 11.6. The van der Waals surface area contributed by atoms with E-state index in [0.717, 1.165) is 30.8 Å². The molecule has 3 rings (SSSR count). The molecule has 2 amide bonds. The third-order valence-corrected chi connectivity index (χ3v) is 4.22. The molecule has 2 heterocycles. The molecule has 1 unspecified atom stereocenters.